The summed E-state index contributed by atoms with van der Waals surface area (Å²) in [6, 6.07) is 4.64. The van der Waals surface area contributed by atoms with Crippen molar-refractivity contribution >= 4 is 39.7 Å². The van der Waals surface area contributed by atoms with E-state index in [0.29, 0.717) is 22.8 Å². The number of hydrogen-bond acceptors (Lipinski definition) is 5. The van der Waals surface area contributed by atoms with Crippen LogP contribution in [0.15, 0.2) is 23.6 Å². The van der Waals surface area contributed by atoms with Crippen LogP contribution in [-0.2, 0) is 4.79 Å². The normalized spacial score (nSPS) is 10.5. The number of ether oxygens (including phenoxy) is 1. The van der Waals surface area contributed by atoms with E-state index in [-0.39, 0.29) is 22.7 Å². The fraction of sp³-hybridized carbons (Fsp3) is 0.312. The Balaban J connectivity index is 2.01. The van der Waals surface area contributed by atoms with Crippen LogP contribution in [0.4, 0.5) is 9.52 Å². The Bertz CT molecular complexity index is 747. The number of methoxy groups -OCH3 is 1. The van der Waals surface area contributed by atoms with Crippen LogP contribution in [0.5, 0.6) is 5.75 Å². The zero-order valence-electron chi connectivity index (χ0n) is 13.6. The van der Waals surface area contributed by atoms with Crippen molar-refractivity contribution in [1.82, 2.24) is 10.3 Å². The molecule has 0 saturated heterocycles. The van der Waals surface area contributed by atoms with Crippen molar-refractivity contribution in [2.24, 2.45) is 5.92 Å². The molecular formula is C16H18FN3O2S2. The number of thiazole rings is 1. The van der Waals surface area contributed by atoms with E-state index in [1.807, 2.05) is 13.8 Å². The van der Waals surface area contributed by atoms with Crippen LogP contribution < -0.4 is 15.4 Å². The number of benzene rings is 1. The van der Waals surface area contributed by atoms with Crippen LogP contribution >= 0.6 is 23.6 Å². The number of amides is 1. The number of rotatable bonds is 5. The average Bonchev–Trinajstić information content (AvgIpc) is 2.94. The molecule has 0 aliphatic rings. The molecule has 0 unspecified atom stereocenters. The first-order valence-corrected chi connectivity index (χ1v) is 8.58. The van der Waals surface area contributed by atoms with Crippen LogP contribution in [0.3, 0.4) is 0 Å². The molecule has 0 atom stereocenters. The second-order valence-electron chi connectivity index (χ2n) is 5.49. The Labute approximate surface area is 149 Å². The highest BCUT2D eigenvalue weighted by Gasteiger charge is 2.11. The Morgan fingerprint density at radius 3 is 2.83 bits per heavy atom. The number of hydrogen-bond donors (Lipinski definition) is 2. The monoisotopic (exact) mass is 367 g/mol. The number of carbonyl (C=O) groups excluding carboxylic acids is 1. The van der Waals surface area contributed by atoms with E-state index < -0.39 is 5.82 Å². The topological polar surface area (TPSA) is 63.2 Å². The molecule has 0 fully saturated rings. The summed E-state index contributed by atoms with van der Waals surface area (Å²) in [5, 5.41) is 7.97. The predicted molar refractivity (Wildman–Crippen MR) is 97.9 cm³/mol. The number of aromatic nitrogens is 1. The van der Waals surface area contributed by atoms with Crippen molar-refractivity contribution in [3.8, 4) is 17.0 Å². The van der Waals surface area contributed by atoms with Crippen molar-refractivity contribution in [1.29, 1.82) is 0 Å². The van der Waals surface area contributed by atoms with Crippen LogP contribution in [0.1, 0.15) is 20.3 Å². The summed E-state index contributed by atoms with van der Waals surface area (Å²) in [4.78, 5) is 16.0. The molecule has 1 aromatic heterocycles. The van der Waals surface area contributed by atoms with Gasteiger partial charge in [0.2, 0.25) is 5.91 Å². The minimum atomic E-state index is -0.450. The Morgan fingerprint density at radius 1 is 1.46 bits per heavy atom. The Kier molecular flexibility index (Phi) is 6.22. The average molecular weight is 367 g/mol. The minimum Gasteiger partial charge on any atom is -0.494 e. The smallest absolute Gasteiger partial charge is 0.226 e. The van der Waals surface area contributed by atoms with E-state index in [0.717, 1.165) is 0 Å². The largest absolute Gasteiger partial charge is 0.494 e. The minimum absolute atomic E-state index is 0.142. The van der Waals surface area contributed by atoms with E-state index in [2.05, 4.69) is 15.6 Å². The maximum Gasteiger partial charge on any atom is 0.226 e. The van der Waals surface area contributed by atoms with Gasteiger partial charge < -0.3 is 15.4 Å². The molecule has 1 aromatic carbocycles. The molecule has 128 valence electrons. The summed E-state index contributed by atoms with van der Waals surface area (Å²) in [7, 11) is 1.41. The fourth-order valence-electron chi connectivity index (χ4n) is 1.97. The van der Waals surface area contributed by atoms with Gasteiger partial charge in [0, 0.05) is 17.4 Å². The van der Waals surface area contributed by atoms with Gasteiger partial charge in [-0.25, -0.2) is 9.37 Å². The third-order valence-corrected chi connectivity index (χ3v) is 3.98. The molecule has 1 heterocycles. The summed E-state index contributed by atoms with van der Waals surface area (Å²) >= 11 is 6.41. The van der Waals surface area contributed by atoms with Gasteiger partial charge in [-0.15, -0.1) is 11.3 Å². The molecule has 2 aromatic rings. The number of nitrogens with one attached hydrogen (secondary N) is 2. The summed E-state index contributed by atoms with van der Waals surface area (Å²) in [5.74, 6) is -0.156. The van der Waals surface area contributed by atoms with Crippen molar-refractivity contribution in [2.75, 3.05) is 12.4 Å². The lowest BCUT2D eigenvalue weighted by Gasteiger charge is -2.08. The highest BCUT2D eigenvalue weighted by atomic mass is 32.1. The lowest BCUT2D eigenvalue weighted by molar-refractivity contribution is -0.120. The van der Waals surface area contributed by atoms with Crippen LogP contribution in [0, 0.1) is 11.7 Å². The zero-order chi connectivity index (χ0) is 17.7. The van der Waals surface area contributed by atoms with Gasteiger partial charge in [0.25, 0.3) is 0 Å². The molecule has 5 nitrogen and oxygen atoms in total. The maximum absolute atomic E-state index is 13.8. The molecule has 0 aliphatic heterocycles. The molecule has 24 heavy (non-hydrogen) atoms. The Hall–Kier alpha value is -2.06. The van der Waals surface area contributed by atoms with E-state index in [1.54, 1.807) is 17.5 Å². The van der Waals surface area contributed by atoms with Crippen molar-refractivity contribution in [3.63, 3.8) is 0 Å². The summed E-state index contributed by atoms with van der Waals surface area (Å²) in [6.45, 7) is 3.91. The second-order valence-corrected chi connectivity index (χ2v) is 6.75. The van der Waals surface area contributed by atoms with Gasteiger partial charge in [-0.2, -0.15) is 0 Å². The number of carbonyl (C=O) groups is 1. The predicted octanol–water partition coefficient (Wildman–Crippen LogP) is 3.82. The van der Waals surface area contributed by atoms with Crippen LogP contribution in [0.25, 0.3) is 11.3 Å². The van der Waals surface area contributed by atoms with Crippen molar-refractivity contribution < 1.29 is 13.9 Å². The standard InChI is InChI=1S/C16H18FN3O2S2/c1-9(2)6-14(21)19-15(23)20-16-18-12(8-24-16)10-4-5-13(22-3)11(17)7-10/h4-5,7-9H,6H2,1-3H3,(H2,18,19,20,21,23). The number of thiocarbonyl (C=S) groups is 1. The van der Waals surface area contributed by atoms with Gasteiger partial charge in [-0.3, -0.25) is 4.79 Å². The number of anilines is 1. The van der Waals surface area contributed by atoms with Gasteiger partial charge >= 0.3 is 0 Å². The molecule has 1 amide bonds. The van der Waals surface area contributed by atoms with Gasteiger partial charge in [0.05, 0.1) is 12.8 Å². The fourth-order valence-corrected chi connectivity index (χ4v) is 2.97. The van der Waals surface area contributed by atoms with Gasteiger partial charge in [0.1, 0.15) is 0 Å². The molecule has 0 bridgehead atoms. The lowest BCUT2D eigenvalue weighted by Crippen LogP contribution is -2.34. The molecule has 0 spiro atoms. The highest BCUT2D eigenvalue weighted by Crippen LogP contribution is 2.28. The van der Waals surface area contributed by atoms with Crippen molar-refractivity contribution in [2.45, 2.75) is 20.3 Å². The van der Waals surface area contributed by atoms with Gasteiger partial charge in [0.15, 0.2) is 21.8 Å². The molecule has 0 saturated carbocycles. The summed E-state index contributed by atoms with van der Waals surface area (Å²) < 4.78 is 18.7. The third-order valence-electron chi connectivity index (χ3n) is 3.02. The van der Waals surface area contributed by atoms with E-state index in [9.17, 15) is 9.18 Å². The Morgan fingerprint density at radius 2 is 2.21 bits per heavy atom. The van der Waals surface area contributed by atoms with Gasteiger partial charge in [-0.1, -0.05) is 13.8 Å². The highest BCUT2D eigenvalue weighted by molar-refractivity contribution is 7.80. The van der Waals surface area contributed by atoms with Crippen molar-refractivity contribution in [3.05, 3.63) is 29.4 Å². The van der Waals surface area contributed by atoms with E-state index in [1.165, 1.54) is 24.5 Å². The lowest BCUT2D eigenvalue weighted by atomic mass is 10.1. The summed E-state index contributed by atoms with van der Waals surface area (Å²) in [6.07, 6.45) is 0.399. The maximum atomic E-state index is 13.8. The van der Waals surface area contributed by atoms with Crippen LogP contribution in [0.2, 0.25) is 0 Å². The SMILES string of the molecule is COc1ccc(-c2csc(NC(=S)NC(=O)CC(C)C)n2)cc1F. The van der Waals surface area contributed by atoms with Gasteiger partial charge in [-0.05, 0) is 36.3 Å². The number of halogens is 1. The second kappa shape index (κ2) is 8.16. The quantitative estimate of drug-likeness (QED) is 0.787. The zero-order valence-corrected chi connectivity index (χ0v) is 15.2. The van der Waals surface area contributed by atoms with Crippen LogP contribution in [-0.4, -0.2) is 23.1 Å². The molecule has 2 N–H and O–H groups in total. The number of nitrogens with zero attached hydrogens (tertiary/aromatic N) is 1. The molecule has 2 rings (SSSR count). The molecule has 0 radical (unpaired) electrons. The van der Waals surface area contributed by atoms with E-state index in [4.69, 9.17) is 17.0 Å². The molecular weight excluding hydrogens is 349 g/mol. The first-order chi connectivity index (χ1) is 11.4. The first kappa shape index (κ1) is 18.3. The van der Waals surface area contributed by atoms with E-state index >= 15 is 0 Å². The first-order valence-electron chi connectivity index (χ1n) is 7.29. The molecule has 8 heteroatoms. The molecule has 0 aliphatic carbocycles. The third kappa shape index (κ3) is 4.97. The summed E-state index contributed by atoms with van der Waals surface area (Å²) in [5.41, 5.74) is 1.24.